The third-order valence-electron chi connectivity index (χ3n) is 1.67. The number of aryl methyl sites for hydroxylation is 1. The SMILES string of the molecule is N#CCCCCn1cc(Cl)c(N)n1. The van der Waals surface area contributed by atoms with Gasteiger partial charge in [0.2, 0.25) is 0 Å². The molecule has 0 amide bonds. The first-order valence-corrected chi connectivity index (χ1v) is 4.47. The maximum Gasteiger partial charge on any atom is 0.164 e. The van der Waals surface area contributed by atoms with Gasteiger partial charge in [0.15, 0.2) is 5.82 Å². The van der Waals surface area contributed by atoms with Gasteiger partial charge in [-0.25, -0.2) is 0 Å². The molecule has 0 spiro atoms. The zero-order valence-electron chi connectivity index (χ0n) is 7.20. The minimum Gasteiger partial charge on any atom is -0.381 e. The second kappa shape index (κ2) is 4.73. The van der Waals surface area contributed by atoms with E-state index < -0.39 is 0 Å². The average Bonchev–Trinajstić information content (AvgIpc) is 2.41. The molecule has 0 fully saturated rings. The van der Waals surface area contributed by atoms with Crippen molar-refractivity contribution in [2.75, 3.05) is 5.73 Å². The number of anilines is 1. The molecule has 0 aliphatic rings. The Morgan fingerprint density at radius 3 is 2.92 bits per heavy atom. The molecule has 0 aromatic carbocycles. The molecular formula is C8H11ClN4. The fourth-order valence-electron chi connectivity index (χ4n) is 1.00. The number of nitriles is 1. The largest absolute Gasteiger partial charge is 0.381 e. The number of hydrogen-bond donors (Lipinski definition) is 1. The lowest BCUT2D eigenvalue weighted by molar-refractivity contribution is 0.563. The Morgan fingerprint density at radius 2 is 2.38 bits per heavy atom. The summed E-state index contributed by atoms with van der Waals surface area (Å²) in [7, 11) is 0. The molecule has 0 saturated carbocycles. The molecule has 0 aliphatic carbocycles. The summed E-state index contributed by atoms with van der Waals surface area (Å²) in [5.41, 5.74) is 5.45. The fraction of sp³-hybridized carbons (Fsp3) is 0.500. The number of nitrogen functional groups attached to an aromatic ring is 1. The van der Waals surface area contributed by atoms with Crippen molar-refractivity contribution in [3.05, 3.63) is 11.2 Å². The Morgan fingerprint density at radius 1 is 1.62 bits per heavy atom. The van der Waals surface area contributed by atoms with Crippen LogP contribution in [0.4, 0.5) is 5.82 Å². The van der Waals surface area contributed by atoms with E-state index >= 15 is 0 Å². The van der Waals surface area contributed by atoms with Gasteiger partial charge in [-0.3, -0.25) is 4.68 Å². The molecule has 70 valence electrons. The van der Waals surface area contributed by atoms with Crippen LogP contribution in [0.25, 0.3) is 0 Å². The van der Waals surface area contributed by atoms with Crippen LogP contribution < -0.4 is 5.73 Å². The van der Waals surface area contributed by atoms with Gasteiger partial charge >= 0.3 is 0 Å². The van der Waals surface area contributed by atoms with E-state index in [1.165, 1.54) is 0 Å². The second-order valence-corrected chi connectivity index (χ2v) is 3.15. The summed E-state index contributed by atoms with van der Waals surface area (Å²) in [6, 6.07) is 2.09. The Balaban J connectivity index is 2.34. The highest BCUT2D eigenvalue weighted by molar-refractivity contribution is 6.32. The summed E-state index contributed by atoms with van der Waals surface area (Å²) in [6.45, 7) is 0.762. The van der Waals surface area contributed by atoms with E-state index in [-0.39, 0.29) is 0 Å². The molecule has 0 unspecified atom stereocenters. The molecule has 0 radical (unpaired) electrons. The van der Waals surface area contributed by atoms with Gasteiger partial charge < -0.3 is 5.73 Å². The van der Waals surface area contributed by atoms with Crippen molar-refractivity contribution in [2.45, 2.75) is 25.8 Å². The molecular weight excluding hydrogens is 188 g/mol. The Hall–Kier alpha value is -1.21. The summed E-state index contributed by atoms with van der Waals surface area (Å²) in [5.74, 6) is 0.363. The van der Waals surface area contributed by atoms with Crippen LogP contribution in [-0.2, 0) is 6.54 Å². The van der Waals surface area contributed by atoms with Gasteiger partial charge in [-0.15, -0.1) is 0 Å². The van der Waals surface area contributed by atoms with Gasteiger partial charge in [0, 0.05) is 19.2 Å². The van der Waals surface area contributed by atoms with E-state index in [1.54, 1.807) is 10.9 Å². The van der Waals surface area contributed by atoms with Crippen molar-refractivity contribution < 1.29 is 0 Å². The average molecular weight is 199 g/mol. The highest BCUT2D eigenvalue weighted by atomic mass is 35.5. The first-order valence-electron chi connectivity index (χ1n) is 4.09. The minimum absolute atomic E-state index is 0.363. The quantitative estimate of drug-likeness (QED) is 0.751. The molecule has 4 nitrogen and oxygen atoms in total. The van der Waals surface area contributed by atoms with Crippen molar-refractivity contribution in [3.8, 4) is 6.07 Å². The zero-order valence-corrected chi connectivity index (χ0v) is 7.96. The van der Waals surface area contributed by atoms with Crippen LogP contribution in [0.2, 0.25) is 5.02 Å². The van der Waals surface area contributed by atoms with E-state index in [4.69, 9.17) is 22.6 Å². The van der Waals surface area contributed by atoms with E-state index in [0.29, 0.717) is 17.3 Å². The van der Waals surface area contributed by atoms with Crippen LogP contribution in [0, 0.1) is 11.3 Å². The third kappa shape index (κ3) is 2.96. The van der Waals surface area contributed by atoms with Crippen LogP contribution in [0.15, 0.2) is 6.20 Å². The highest BCUT2D eigenvalue weighted by Gasteiger charge is 2.01. The molecule has 0 saturated heterocycles. The smallest absolute Gasteiger partial charge is 0.164 e. The lowest BCUT2D eigenvalue weighted by atomic mass is 10.2. The Labute approximate surface area is 81.9 Å². The van der Waals surface area contributed by atoms with Gasteiger partial charge in [-0.2, -0.15) is 10.4 Å². The topological polar surface area (TPSA) is 67.6 Å². The molecule has 5 heteroatoms. The zero-order chi connectivity index (χ0) is 9.68. The van der Waals surface area contributed by atoms with Crippen LogP contribution in [0.5, 0.6) is 0 Å². The molecule has 1 aromatic heterocycles. The molecule has 0 bridgehead atoms. The lowest BCUT2D eigenvalue weighted by Crippen LogP contribution is -1.99. The third-order valence-corrected chi connectivity index (χ3v) is 1.96. The number of nitrogens with two attached hydrogens (primary N) is 1. The van der Waals surface area contributed by atoms with Crippen molar-refractivity contribution in [1.82, 2.24) is 9.78 Å². The predicted molar refractivity (Wildman–Crippen MR) is 51.1 cm³/mol. The van der Waals surface area contributed by atoms with E-state index in [1.807, 2.05) is 0 Å². The maximum atomic E-state index is 8.30. The number of unbranched alkanes of at least 4 members (excludes halogenated alkanes) is 2. The summed E-state index contributed by atoms with van der Waals surface area (Å²) in [6.07, 6.45) is 4.09. The van der Waals surface area contributed by atoms with E-state index in [2.05, 4.69) is 11.2 Å². The number of aromatic nitrogens is 2. The van der Waals surface area contributed by atoms with Crippen LogP contribution in [0.1, 0.15) is 19.3 Å². The monoisotopic (exact) mass is 198 g/mol. The summed E-state index contributed by atoms with van der Waals surface area (Å²) >= 11 is 5.71. The fourth-order valence-corrected chi connectivity index (χ4v) is 1.15. The van der Waals surface area contributed by atoms with E-state index in [0.717, 1.165) is 19.4 Å². The van der Waals surface area contributed by atoms with Gasteiger partial charge in [-0.1, -0.05) is 11.6 Å². The number of rotatable bonds is 4. The van der Waals surface area contributed by atoms with Gasteiger partial charge in [0.05, 0.1) is 6.07 Å². The molecule has 1 rings (SSSR count). The Kier molecular flexibility index (Phi) is 3.59. The van der Waals surface area contributed by atoms with Gasteiger partial charge in [0.1, 0.15) is 5.02 Å². The minimum atomic E-state index is 0.363. The van der Waals surface area contributed by atoms with Gasteiger partial charge in [-0.05, 0) is 12.8 Å². The molecule has 13 heavy (non-hydrogen) atoms. The maximum absolute atomic E-state index is 8.30. The molecule has 0 aliphatic heterocycles. The number of hydrogen-bond acceptors (Lipinski definition) is 3. The molecule has 1 heterocycles. The van der Waals surface area contributed by atoms with Gasteiger partial charge in [0.25, 0.3) is 0 Å². The number of halogens is 1. The summed E-state index contributed by atoms with van der Waals surface area (Å²) in [5, 5.41) is 12.8. The normalized spacial score (nSPS) is 9.85. The standard InChI is InChI=1S/C8H11ClN4/c9-7-6-13(12-8(7)11)5-3-1-2-4-10/h6H,1-3,5H2,(H2,11,12). The van der Waals surface area contributed by atoms with Crippen LogP contribution in [0.3, 0.4) is 0 Å². The molecule has 0 atom stereocenters. The highest BCUT2D eigenvalue weighted by Crippen LogP contribution is 2.15. The predicted octanol–water partition coefficient (Wildman–Crippen LogP) is 1.81. The Bertz CT molecular complexity index is 293. The molecule has 2 N–H and O–H groups in total. The van der Waals surface area contributed by atoms with Crippen LogP contribution in [-0.4, -0.2) is 9.78 Å². The van der Waals surface area contributed by atoms with E-state index in [9.17, 15) is 0 Å². The first-order chi connectivity index (χ1) is 6.24. The first kappa shape index (κ1) is 9.87. The van der Waals surface area contributed by atoms with Crippen LogP contribution >= 0.6 is 11.6 Å². The van der Waals surface area contributed by atoms with Crippen molar-refractivity contribution in [3.63, 3.8) is 0 Å². The summed E-state index contributed by atoms with van der Waals surface area (Å²) < 4.78 is 1.70. The van der Waals surface area contributed by atoms with Crippen molar-refractivity contribution >= 4 is 17.4 Å². The summed E-state index contributed by atoms with van der Waals surface area (Å²) in [4.78, 5) is 0. The molecule has 1 aromatic rings. The van der Waals surface area contributed by atoms with Crippen molar-refractivity contribution in [2.24, 2.45) is 0 Å². The second-order valence-electron chi connectivity index (χ2n) is 2.74. The van der Waals surface area contributed by atoms with Crippen molar-refractivity contribution in [1.29, 1.82) is 5.26 Å². The lowest BCUT2D eigenvalue weighted by Gasteiger charge is -1.97. The number of nitrogens with zero attached hydrogens (tertiary/aromatic N) is 3.